The number of anilines is 1. The molecule has 5 nitrogen and oxygen atoms in total. The second-order valence-electron chi connectivity index (χ2n) is 9.89. The van der Waals surface area contributed by atoms with Crippen LogP contribution in [0.25, 0.3) is 11.1 Å². The van der Waals surface area contributed by atoms with E-state index in [2.05, 4.69) is 57.0 Å². The van der Waals surface area contributed by atoms with Gasteiger partial charge in [-0.05, 0) is 72.7 Å². The predicted octanol–water partition coefficient (Wildman–Crippen LogP) is 5.04. The number of rotatable bonds is 6. The molecule has 0 N–H and O–H groups in total. The van der Waals surface area contributed by atoms with Gasteiger partial charge in [0, 0.05) is 24.7 Å². The van der Waals surface area contributed by atoms with Crippen LogP contribution >= 0.6 is 0 Å². The van der Waals surface area contributed by atoms with E-state index in [-0.39, 0.29) is 17.4 Å². The highest BCUT2D eigenvalue weighted by Crippen LogP contribution is 2.39. The van der Waals surface area contributed by atoms with E-state index in [9.17, 15) is 4.79 Å². The second kappa shape index (κ2) is 8.75. The smallest absolute Gasteiger partial charge is 0.227 e. The topological polar surface area (TPSA) is 51.7 Å². The van der Waals surface area contributed by atoms with Crippen molar-refractivity contribution in [2.24, 2.45) is 5.41 Å². The monoisotopic (exact) mass is 437 g/mol. The van der Waals surface area contributed by atoms with E-state index in [1.165, 1.54) is 11.1 Å². The van der Waals surface area contributed by atoms with Gasteiger partial charge in [0.25, 0.3) is 0 Å². The Balaban J connectivity index is 1.57. The van der Waals surface area contributed by atoms with Gasteiger partial charge >= 0.3 is 0 Å². The summed E-state index contributed by atoms with van der Waals surface area (Å²) in [6.45, 7) is 12.2. The zero-order chi connectivity index (χ0) is 22.2. The van der Waals surface area contributed by atoms with Gasteiger partial charge in [0.2, 0.25) is 14.9 Å². The minimum absolute atomic E-state index is 0.0113. The van der Waals surface area contributed by atoms with Gasteiger partial charge in [-0.1, -0.05) is 20.8 Å². The summed E-state index contributed by atoms with van der Waals surface area (Å²) in [4.78, 5) is 18.8. The summed E-state index contributed by atoms with van der Waals surface area (Å²) < 4.78 is 12.3. The Morgan fingerprint density at radius 1 is 1.06 bits per heavy atom. The molecule has 4 rings (SSSR count). The predicted molar refractivity (Wildman–Crippen MR) is 126 cm³/mol. The first-order chi connectivity index (χ1) is 14.7. The molecule has 1 aromatic carbocycles. The van der Waals surface area contributed by atoms with Gasteiger partial charge < -0.3 is 14.1 Å². The Kier molecular flexibility index (Phi) is 6.22. The Morgan fingerprint density at radius 3 is 2.52 bits per heavy atom. The summed E-state index contributed by atoms with van der Waals surface area (Å²) in [6.07, 6.45) is 7.17. The Bertz CT molecular complexity index is 950. The number of ether oxygens (including phenoxy) is 1. The van der Waals surface area contributed by atoms with Gasteiger partial charge in [0.1, 0.15) is 12.4 Å². The van der Waals surface area contributed by atoms with Crippen LogP contribution in [0.3, 0.4) is 0 Å². The highest BCUT2D eigenvalue weighted by Gasteiger charge is 2.30. The Morgan fingerprint density at radius 2 is 1.81 bits per heavy atom. The van der Waals surface area contributed by atoms with Crippen LogP contribution in [0.15, 0.2) is 30.6 Å². The number of benzene rings is 1. The molecule has 3 heterocycles. The molecule has 0 aliphatic carbocycles. The van der Waals surface area contributed by atoms with Gasteiger partial charge in [0.15, 0.2) is 0 Å². The molecule has 165 valence electrons. The molecule has 2 aliphatic rings. The number of carbonyl (C=O) groups is 1. The average molecular weight is 438 g/mol. The maximum Gasteiger partial charge on any atom is 0.227 e. The molecule has 1 unspecified atom stereocenters. The highest BCUT2D eigenvalue weighted by molar-refractivity contribution is 6.48. The van der Waals surface area contributed by atoms with Crippen molar-refractivity contribution in [3.8, 4) is 16.9 Å². The van der Waals surface area contributed by atoms with Gasteiger partial charge in [-0.25, -0.2) is 0 Å². The molecule has 0 spiro atoms. The number of amides is 1. The molecule has 0 saturated carbocycles. The normalized spacial score (nSPS) is 17.0. The number of aromatic nitrogens is 1. The van der Waals surface area contributed by atoms with E-state index >= 15 is 0 Å². The summed E-state index contributed by atoms with van der Waals surface area (Å²) in [7, 11) is -0.812. The number of hydrogen-bond acceptors (Lipinski definition) is 4. The van der Waals surface area contributed by atoms with Crippen molar-refractivity contribution in [1.82, 2.24) is 4.98 Å². The fourth-order valence-electron chi connectivity index (χ4n) is 4.39. The van der Waals surface area contributed by atoms with E-state index in [0.717, 1.165) is 48.4 Å². The maximum atomic E-state index is 12.3. The van der Waals surface area contributed by atoms with Crippen molar-refractivity contribution in [2.75, 3.05) is 18.1 Å². The van der Waals surface area contributed by atoms with Crippen LogP contribution in [-0.2, 0) is 22.1 Å². The van der Waals surface area contributed by atoms with Gasteiger partial charge in [-0.3, -0.25) is 9.78 Å². The number of carbonyl (C=O) groups excluding carboxylic acids is 1. The van der Waals surface area contributed by atoms with Crippen molar-refractivity contribution in [3.05, 3.63) is 41.7 Å². The van der Waals surface area contributed by atoms with Crippen LogP contribution in [0, 0.1) is 5.41 Å². The lowest BCUT2D eigenvalue weighted by atomic mass is 9.88. The van der Waals surface area contributed by atoms with E-state index < -0.39 is 9.04 Å². The van der Waals surface area contributed by atoms with Crippen LogP contribution in [0.2, 0.25) is 13.1 Å². The van der Waals surface area contributed by atoms with Crippen LogP contribution in [0.1, 0.15) is 44.7 Å². The molecule has 1 radical (unpaired) electrons. The first-order valence-corrected chi connectivity index (χ1v) is 13.6. The third kappa shape index (κ3) is 4.85. The van der Waals surface area contributed by atoms with Crippen molar-refractivity contribution >= 4 is 20.6 Å². The van der Waals surface area contributed by atoms with Gasteiger partial charge in [-0.2, -0.15) is 0 Å². The molecule has 31 heavy (non-hydrogen) atoms. The molecule has 0 saturated heterocycles. The molecule has 0 fully saturated rings. The van der Waals surface area contributed by atoms with Crippen molar-refractivity contribution in [1.29, 1.82) is 0 Å². The van der Waals surface area contributed by atoms with Crippen LogP contribution in [-0.4, -0.2) is 39.2 Å². The van der Waals surface area contributed by atoms with E-state index in [1.807, 2.05) is 11.1 Å². The summed E-state index contributed by atoms with van der Waals surface area (Å²) in [6, 6.07) is 6.53. The lowest BCUT2D eigenvalue weighted by Crippen LogP contribution is -2.39. The minimum atomic E-state index is -0.812. The van der Waals surface area contributed by atoms with Crippen LogP contribution in [0.5, 0.6) is 5.75 Å². The van der Waals surface area contributed by atoms with Crippen LogP contribution in [0.4, 0.5) is 5.69 Å². The van der Waals surface area contributed by atoms with E-state index in [0.29, 0.717) is 13.0 Å². The molecule has 0 bridgehead atoms. The summed E-state index contributed by atoms with van der Waals surface area (Å²) >= 11 is 0. The molecule has 1 aromatic heterocycles. The van der Waals surface area contributed by atoms with Crippen molar-refractivity contribution in [2.45, 2.75) is 65.7 Å². The molecular weight excluding hydrogens is 404 g/mol. The molecule has 6 heteroatoms. The SMILES string of the molecule is C[Si](C)OC(COc1cncc(-c2cc3c4c(c2)CCC(=O)N4CCC3)c1)C(C)(C)C. The lowest BCUT2D eigenvalue weighted by molar-refractivity contribution is -0.119. The summed E-state index contributed by atoms with van der Waals surface area (Å²) in [5.41, 5.74) is 5.93. The molecular formula is C25H33N2O3Si. The quantitative estimate of drug-likeness (QED) is 0.595. The summed E-state index contributed by atoms with van der Waals surface area (Å²) in [5, 5.41) is 0. The average Bonchev–Trinajstić information content (AvgIpc) is 2.72. The van der Waals surface area contributed by atoms with Gasteiger partial charge in [-0.15, -0.1) is 0 Å². The third-order valence-corrected chi connectivity index (χ3v) is 6.82. The fraction of sp³-hybridized carbons (Fsp3) is 0.520. The molecule has 2 aliphatic heterocycles. The zero-order valence-electron chi connectivity index (χ0n) is 19.3. The fourth-order valence-corrected chi connectivity index (χ4v) is 5.38. The number of hydrogen-bond donors (Lipinski definition) is 0. The number of nitrogens with zero attached hydrogens (tertiary/aromatic N) is 2. The van der Waals surface area contributed by atoms with Gasteiger partial charge in [0.05, 0.1) is 18.0 Å². The first-order valence-electron chi connectivity index (χ1n) is 11.2. The standard InChI is InChI=1S/C25H33N2O3Si/c1-25(2,3)22(30-31(4)5)16-29-21-13-20(14-26-15-21)19-11-17-7-6-10-27-23(28)9-8-18(12-19)24(17)27/h11-15,22H,6-10,16H2,1-5H3. The second-order valence-corrected chi connectivity index (χ2v) is 11.9. The van der Waals surface area contributed by atoms with Crippen molar-refractivity contribution < 1.29 is 14.0 Å². The third-order valence-electron chi connectivity index (χ3n) is 6.07. The van der Waals surface area contributed by atoms with Crippen LogP contribution < -0.4 is 9.64 Å². The zero-order valence-corrected chi connectivity index (χ0v) is 20.3. The van der Waals surface area contributed by atoms with Crippen molar-refractivity contribution in [3.63, 3.8) is 0 Å². The first kappa shape index (κ1) is 22.0. The molecule has 2 aromatic rings. The largest absolute Gasteiger partial charge is 0.489 e. The van der Waals surface area contributed by atoms with E-state index in [4.69, 9.17) is 9.16 Å². The van der Waals surface area contributed by atoms with E-state index in [1.54, 1.807) is 6.20 Å². The maximum absolute atomic E-state index is 12.3. The number of aryl methyl sites for hydroxylation is 2. The summed E-state index contributed by atoms with van der Waals surface area (Å²) in [5.74, 6) is 1.03. The Labute approximate surface area is 187 Å². The molecule has 1 amide bonds. The lowest BCUT2D eigenvalue weighted by Gasteiger charge is -2.35. The minimum Gasteiger partial charge on any atom is -0.489 e. The Hall–Kier alpha value is -2.18. The number of pyridine rings is 1. The highest BCUT2D eigenvalue weighted by atomic mass is 28.3. The molecule has 1 atom stereocenters.